The van der Waals surface area contributed by atoms with Crippen molar-refractivity contribution in [3.8, 4) is 6.07 Å². The molecule has 3 rings (SSSR count). The molecule has 11 nitrogen and oxygen atoms in total. The predicted molar refractivity (Wildman–Crippen MR) is 103 cm³/mol. The van der Waals surface area contributed by atoms with Crippen molar-refractivity contribution in [1.82, 2.24) is 14.6 Å². The van der Waals surface area contributed by atoms with Crippen molar-refractivity contribution in [2.24, 2.45) is 5.92 Å². The molecule has 1 aliphatic heterocycles. The standard InChI is InChI=1S/C19H25N5O6/c1-3-11(4-2)7-28-18(27)29-8-13-15(25)16(26)19(9-20,30-13)14-6-5-12-17(21)22-10-23-24(12)14/h5-6,10-11,13,15-16,25-26H,3-4,7-8H2,1-2H3,(H2,21,22,23)/t13-,15-,16-,19+/m1/s1. The summed E-state index contributed by atoms with van der Waals surface area (Å²) in [6.07, 6.45) is -2.23. The second-order valence-corrected chi connectivity index (χ2v) is 7.15. The third-order valence-corrected chi connectivity index (χ3v) is 5.44. The highest BCUT2D eigenvalue weighted by Crippen LogP contribution is 2.40. The van der Waals surface area contributed by atoms with Crippen LogP contribution in [0.2, 0.25) is 0 Å². The average molecular weight is 419 g/mol. The van der Waals surface area contributed by atoms with E-state index in [1.807, 2.05) is 19.9 Å². The summed E-state index contributed by atoms with van der Waals surface area (Å²) in [5, 5.41) is 34.9. The lowest BCUT2D eigenvalue weighted by Crippen LogP contribution is -2.41. The number of hydrogen-bond acceptors (Lipinski definition) is 10. The number of fused-ring (bicyclic) bond motifs is 1. The van der Waals surface area contributed by atoms with Gasteiger partial charge in [-0.2, -0.15) is 10.4 Å². The van der Waals surface area contributed by atoms with Crippen LogP contribution in [0, 0.1) is 17.2 Å². The Hall–Kier alpha value is -2.94. The minimum Gasteiger partial charge on any atom is -0.434 e. The third kappa shape index (κ3) is 3.77. The van der Waals surface area contributed by atoms with E-state index in [1.54, 1.807) is 6.07 Å². The van der Waals surface area contributed by atoms with E-state index in [1.165, 1.54) is 16.9 Å². The number of nitrogens with zero attached hydrogens (tertiary/aromatic N) is 4. The van der Waals surface area contributed by atoms with E-state index in [0.717, 1.165) is 12.8 Å². The molecule has 0 radical (unpaired) electrons. The van der Waals surface area contributed by atoms with E-state index in [0.29, 0.717) is 5.52 Å². The molecule has 0 aromatic carbocycles. The zero-order chi connectivity index (χ0) is 21.9. The highest BCUT2D eigenvalue weighted by Gasteiger charge is 2.57. The SMILES string of the molecule is CCC(CC)COC(=O)OC[C@H]1O[C@@](C#N)(c2ccc3c(N)ncnn23)[C@H](O)[C@@H]1O. The van der Waals surface area contributed by atoms with Gasteiger partial charge in [0, 0.05) is 0 Å². The van der Waals surface area contributed by atoms with E-state index in [4.69, 9.17) is 19.9 Å². The summed E-state index contributed by atoms with van der Waals surface area (Å²) in [7, 11) is 0. The summed E-state index contributed by atoms with van der Waals surface area (Å²) in [5.74, 6) is 0.411. The van der Waals surface area contributed by atoms with E-state index < -0.39 is 36.7 Å². The fourth-order valence-corrected chi connectivity index (χ4v) is 3.45. The largest absolute Gasteiger partial charge is 0.508 e. The number of nitrogen functional groups attached to an aromatic ring is 1. The maximum Gasteiger partial charge on any atom is 0.508 e. The molecule has 4 N–H and O–H groups in total. The van der Waals surface area contributed by atoms with Crippen LogP contribution in [0.25, 0.3) is 5.52 Å². The van der Waals surface area contributed by atoms with Gasteiger partial charge in [0.2, 0.25) is 5.60 Å². The molecule has 2 aromatic heterocycles. The van der Waals surface area contributed by atoms with Crippen LogP contribution in [0.3, 0.4) is 0 Å². The number of rotatable bonds is 7. The van der Waals surface area contributed by atoms with Gasteiger partial charge in [-0.1, -0.05) is 26.7 Å². The van der Waals surface area contributed by atoms with Crippen molar-refractivity contribution < 1.29 is 29.2 Å². The van der Waals surface area contributed by atoms with Gasteiger partial charge in [0.15, 0.2) is 5.82 Å². The zero-order valence-corrected chi connectivity index (χ0v) is 16.8. The number of carbonyl (C=O) groups excluding carboxylic acids is 1. The maximum atomic E-state index is 11.9. The van der Waals surface area contributed by atoms with Crippen molar-refractivity contribution in [2.75, 3.05) is 18.9 Å². The third-order valence-electron chi connectivity index (χ3n) is 5.44. The minimum absolute atomic E-state index is 0.166. The predicted octanol–water partition coefficient (Wildman–Crippen LogP) is 0.740. The monoisotopic (exact) mass is 419 g/mol. The maximum absolute atomic E-state index is 11.9. The van der Waals surface area contributed by atoms with E-state index in [2.05, 4.69) is 10.1 Å². The Balaban J connectivity index is 1.74. The fourth-order valence-electron chi connectivity index (χ4n) is 3.45. The summed E-state index contributed by atoms with van der Waals surface area (Å²) >= 11 is 0. The number of aliphatic hydroxyl groups is 2. The number of hydrogen-bond donors (Lipinski definition) is 3. The van der Waals surface area contributed by atoms with Crippen LogP contribution in [0.1, 0.15) is 32.4 Å². The Morgan fingerprint density at radius 2 is 2.13 bits per heavy atom. The molecule has 1 saturated heterocycles. The number of anilines is 1. The van der Waals surface area contributed by atoms with Crippen LogP contribution in [-0.2, 0) is 19.8 Å². The smallest absolute Gasteiger partial charge is 0.434 e. The van der Waals surface area contributed by atoms with Crippen molar-refractivity contribution in [3.05, 3.63) is 24.2 Å². The fraction of sp³-hybridized carbons (Fsp3) is 0.579. The summed E-state index contributed by atoms with van der Waals surface area (Å²) in [6, 6.07) is 5.00. The van der Waals surface area contributed by atoms with Gasteiger partial charge in [-0.3, -0.25) is 0 Å². The zero-order valence-electron chi connectivity index (χ0n) is 16.8. The molecule has 3 heterocycles. The quantitative estimate of drug-likeness (QED) is 0.545. The van der Waals surface area contributed by atoms with Crippen LogP contribution >= 0.6 is 0 Å². The van der Waals surface area contributed by atoms with Crippen LogP contribution in [0.4, 0.5) is 10.6 Å². The first kappa shape index (κ1) is 21.8. The highest BCUT2D eigenvalue weighted by atomic mass is 16.7. The molecule has 0 saturated carbocycles. The normalized spacial score (nSPS) is 26.1. The molecule has 0 bridgehead atoms. The molecule has 1 aliphatic rings. The van der Waals surface area contributed by atoms with Gasteiger partial charge < -0.3 is 30.2 Å². The Kier molecular flexibility index (Phi) is 6.40. The molecule has 0 unspecified atom stereocenters. The molecule has 1 fully saturated rings. The first-order valence-electron chi connectivity index (χ1n) is 9.71. The lowest BCUT2D eigenvalue weighted by molar-refractivity contribution is -0.0727. The lowest BCUT2D eigenvalue weighted by Gasteiger charge is -2.24. The minimum atomic E-state index is -1.94. The molecule has 0 aliphatic carbocycles. The van der Waals surface area contributed by atoms with Gasteiger partial charge in [0.25, 0.3) is 0 Å². The second-order valence-electron chi connectivity index (χ2n) is 7.15. The second kappa shape index (κ2) is 8.83. The molecule has 162 valence electrons. The first-order valence-corrected chi connectivity index (χ1v) is 9.71. The number of aromatic nitrogens is 3. The van der Waals surface area contributed by atoms with E-state index >= 15 is 0 Å². The van der Waals surface area contributed by atoms with E-state index in [9.17, 15) is 20.3 Å². The number of nitriles is 1. The van der Waals surface area contributed by atoms with Crippen LogP contribution in [0.5, 0.6) is 0 Å². The van der Waals surface area contributed by atoms with Gasteiger partial charge in [0.05, 0.1) is 12.3 Å². The lowest BCUT2D eigenvalue weighted by atomic mass is 9.92. The molecule has 0 spiro atoms. The van der Waals surface area contributed by atoms with Crippen molar-refractivity contribution in [2.45, 2.75) is 50.6 Å². The number of carbonyl (C=O) groups is 1. The molecule has 0 amide bonds. The summed E-state index contributed by atoms with van der Waals surface area (Å²) < 4.78 is 17.1. The van der Waals surface area contributed by atoms with Crippen LogP contribution in [-0.4, -0.2) is 62.5 Å². The molecule has 4 atom stereocenters. The molecule has 30 heavy (non-hydrogen) atoms. The summed E-state index contributed by atoms with van der Waals surface area (Å²) in [5.41, 5.74) is 4.45. The Morgan fingerprint density at radius 1 is 1.40 bits per heavy atom. The van der Waals surface area contributed by atoms with Crippen molar-refractivity contribution in [1.29, 1.82) is 5.26 Å². The van der Waals surface area contributed by atoms with E-state index in [-0.39, 0.29) is 24.0 Å². The van der Waals surface area contributed by atoms with Crippen LogP contribution < -0.4 is 5.73 Å². The van der Waals surface area contributed by atoms with Gasteiger partial charge in [-0.15, -0.1) is 0 Å². The first-order chi connectivity index (χ1) is 14.4. The number of aliphatic hydroxyl groups excluding tert-OH is 2. The highest BCUT2D eigenvalue weighted by molar-refractivity contribution is 5.66. The number of nitrogens with two attached hydrogens (primary N) is 1. The Morgan fingerprint density at radius 3 is 2.80 bits per heavy atom. The molecular formula is C19H25N5O6. The van der Waals surface area contributed by atoms with Gasteiger partial charge in [0.1, 0.15) is 42.8 Å². The topological polar surface area (TPSA) is 165 Å². The molecular weight excluding hydrogens is 394 g/mol. The van der Waals surface area contributed by atoms with Crippen molar-refractivity contribution >= 4 is 17.5 Å². The average Bonchev–Trinajstić information content (AvgIpc) is 3.29. The van der Waals surface area contributed by atoms with Gasteiger partial charge >= 0.3 is 6.16 Å². The summed E-state index contributed by atoms with van der Waals surface area (Å²) in [6.45, 7) is 3.82. The summed E-state index contributed by atoms with van der Waals surface area (Å²) in [4.78, 5) is 15.7. The Labute approximate surface area is 173 Å². The Bertz CT molecular complexity index is 939. The molecule has 11 heteroatoms. The van der Waals surface area contributed by atoms with Crippen LogP contribution in [0.15, 0.2) is 18.5 Å². The van der Waals surface area contributed by atoms with Gasteiger partial charge in [-0.25, -0.2) is 14.3 Å². The molecule has 2 aromatic rings. The number of ether oxygens (including phenoxy) is 3. The van der Waals surface area contributed by atoms with Crippen molar-refractivity contribution in [3.63, 3.8) is 0 Å². The van der Waals surface area contributed by atoms with Gasteiger partial charge in [-0.05, 0) is 18.1 Å².